The van der Waals surface area contributed by atoms with Crippen molar-refractivity contribution in [3.05, 3.63) is 22.9 Å². The molecule has 3 fully saturated rings. The van der Waals surface area contributed by atoms with Crippen molar-refractivity contribution in [2.45, 2.75) is 51.5 Å². The van der Waals surface area contributed by atoms with Gasteiger partial charge in [-0.15, -0.1) is 0 Å². The molecule has 1 atom stereocenters. The van der Waals surface area contributed by atoms with E-state index in [1.165, 1.54) is 51.7 Å². The third-order valence-electron chi connectivity index (χ3n) is 6.37. The molecule has 0 radical (unpaired) electrons. The van der Waals surface area contributed by atoms with Crippen molar-refractivity contribution in [2.75, 3.05) is 58.9 Å². The number of nitriles is 1. The van der Waals surface area contributed by atoms with Crippen LogP contribution in [0.5, 0.6) is 0 Å². The number of nitrogens with zero attached hydrogens (tertiary/aromatic N) is 6. The SMILES string of the molecule is [C-]#[N+]/C(C#N)=C1\N(CCCN2CCCCC2)CCN1CCN1CCCC1C. The van der Waals surface area contributed by atoms with Crippen molar-refractivity contribution < 1.29 is 0 Å². The highest BCUT2D eigenvalue weighted by Crippen LogP contribution is 2.24. The van der Waals surface area contributed by atoms with E-state index in [1.54, 1.807) is 0 Å². The maximum Gasteiger partial charge on any atom is 0.300 e. The van der Waals surface area contributed by atoms with Gasteiger partial charge < -0.3 is 14.7 Å². The fourth-order valence-electron chi connectivity index (χ4n) is 4.76. The van der Waals surface area contributed by atoms with Crippen molar-refractivity contribution in [1.82, 2.24) is 19.6 Å². The van der Waals surface area contributed by atoms with E-state index in [-0.39, 0.29) is 5.70 Å². The third kappa shape index (κ3) is 5.15. The molecular weight excluding hydrogens is 336 g/mol. The monoisotopic (exact) mass is 370 g/mol. The Morgan fingerprint density at radius 2 is 1.74 bits per heavy atom. The van der Waals surface area contributed by atoms with Crippen LogP contribution in [0.1, 0.15) is 45.4 Å². The molecule has 0 amide bonds. The van der Waals surface area contributed by atoms with E-state index in [1.807, 2.05) is 0 Å². The minimum absolute atomic E-state index is 0.264. The molecule has 0 aromatic rings. The first-order valence-corrected chi connectivity index (χ1v) is 10.7. The van der Waals surface area contributed by atoms with Gasteiger partial charge in [-0.3, -0.25) is 4.90 Å². The molecule has 27 heavy (non-hydrogen) atoms. The van der Waals surface area contributed by atoms with Crippen LogP contribution in [0.15, 0.2) is 11.5 Å². The summed E-state index contributed by atoms with van der Waals surface area (Å²) < 4.78 is 0. The van der Waals surface area contributed by atoms with Crippen LogP contribution in [0.2, 0.25) is 0 Å². The van der Waals surface area contributed by atoms with Gasteiger partial charge in [0.15, 0.2) is 0 Å². The Bertz CT molecular complexity index is 579. The Labute approximate surface area is 164 Å². The van der Waals surface area contributed by atoms with Gasteiger partial charge in [0, 0.05) is 38.8 Å². The molecule has 0 saturated carbocycles. The summed E-state index contributed by atoms with van der Waals surface area (Å²) in [5.74, 6) is 0.887. The highest BCUT2D eigenvalue weighted by atomic mass is 15.4. The lowest BCUT2D eigenvalue weighted by Crippen LogP contribution is -2.36. The van der Waals surface area contributed by atoms with Crippen LogP contribution < -0.4 is 0 Å². The minimum atomic E-state index is 0.264. The van der Waals surface area contributed by atoms with Crippen LogP contribution in [0, 0.1) is 17.9 Å². The zero-order valence-electron chi connectivity index (χ0n) is 16.9. The summed E-state index contributed by atoms with van der Waals surface area (Å²) in [6.07, 6.45) is 7.71. The first-order chi connectivity index (χ1) is 13.2. The van der Waals surface area contributed by atoms with Crippen molar-refractivity contribution in [1.29, 1.82) is 5.26 Å². The lowest BCUT2D eigenvalue weighted by atomic mass is 10.1. The maximum atomic E-state index is 9.48. The molecule has 6 nitrogen and oxygen atoms in total. The van der Waals surface area contributed by atoms with Crippen LogP contribution >= 0.6 is 0 Å². The average Bonchev–Trinajstić information content (AvgIpc) is 3.28. The van der Waals surface area contributed by atoms with Gasteiger partial charge in [-0.1, -0.05) is 6.42 Å². The topological polar surface area (TPSA) is 41.1 Å². The van der Waals surface area contributed by atoms with E-state index in [2.05, 4.69) is 37.4 Å². The summed E-state index contributed by atoms with van der Waals surface area (Å²) in [6, 6.07) is 2.81. The summed E-state index contributed by atoms with van der Waals surface area (Å²) >= 11 is 0. The molecule has 3 saturated heterocycles. The smallest absolute Gasteiger partial charge is 0.300 e. The number of hydrogen-bond donors (Lipinski definition) is 0. The molecule has 1 unspecified atom stereocenters. The Morgan fingerprint density at radius 3 is 2.37 bits per heavy atom. The first-order valence-electron chi connectivity index (χ1n) is 10.7. The van der Waals surface area contributed by atoms with E-state index in [0.29, 0.717) is 6.04 Å². The maximum absolute atomic E-state index is 9.48. The molecule has 3 aliphatic rings. The molecular formula is C21H34N6. The molecule has 0 aromatic heterocycles. The summed E-state index contributed by atoms with van der Waals surface area (Å²) in [6.45, 7) is 19.3. The summed E-state index contributed by atoms with van der Waals surface area (Å²) in [7, 11) is 0. The zero-order chi connectivity index (χ0) is 19.1. The van der Waals surface area contributed by atoms with Gasteiger partial charge in [0.25, 0.3) is 0 Å². The zero-order valence-corrected chi connectivity index (χ0v) is 16.9. The second-order valence-electron chi connectivity index (χ2n) is 8.15. The highest BCUT2D eigenvalue weighted by molar-refractivity contribution is 5.33. The van der Waals surface area contributed by atoms with Gasteiger partial charge in [0.05, 0.1) is 12.6 Å². The lowest BCUT2D eigenvalue weighted by molar-refractivity contribution is 0.211. The molecule has 0 aromatic carbocycles. The standard InChI is InChI=1S/C21H34N6/c1-19-8-6-12-25(19)14-15-27-17-16-26(21(27)20(18-22)23-2)13-7-11-24-9-4-3-5-10-24/h19H,3-17H2,1H3/b21-20+. The Kier molecular flexibility index (Phi) is 7.38. The van der Waals surface area contributed by atoms with Gasteiger partial charge in [-0.05, 0) is 65.2 Å². The Morgan fingerprint density at radius 1 is 1.00 bits per heavy atom. The van der Waals surface area contributed by atoms with E-state index >= 15 is 0 Å². The molecule has 0 spiro atoms. The average molecular weight is 371 g/mol. The third-order valence-corrected chi connectivity index (χ3v) is 6.37. The molecule has 148 valence electrons. The molecule has 3 rings (SSSR count). The number of piperidine rings is 1. The van der Waals surface area contributed by atoms with Crippen LogP contribution in [0.3, 0.4) is 0 Å². The normalized spacial score (nSPS) is 26.3. The lowest BCUT2D eigenvalue weighted by Gasteiger charge is -2.30. The molecule has 0 N–H and O–H groups in total. The van der Waals surface area contributed by atoms with E-state index in [9.17, 15) is 5.26 Å². The Balaban J connectivity index is 1.56. The minimum Gasteiger partial charge on any atom is -0.365 e. The molecule has 0 aliphatic carbocycles. The van der Waals surface area contributed by atoms with Crippen LogP contribution in [0.4, 0.5) is 0 Å². The predicted molar refractivity (Wildman–Crippen MR) is 108 cm³/mol. The predicted octanol–water partition coefficient (Wildman–Crippen LogP) is 2.58. The Hall–Kier alpha value is -1.76. The van der Waals surface area contributed by atoms with Crippen LogP contribution in [-0.4, -0.2) is 84.5 Å². The van der Waals surface area contributed by atoms with Gasteiger partial charge in [0.1, 0.15) is 5.82 Å². The highest BCUT2D eigenvalue weighted by Gasteiger charge is 2.29. The van der Waals surface area contributed by atoms with E-state index in [4.69, 9.17) is 6.57 Å². The fourth-order valence-corrected chi connectivity index (χ4v) is 4.76. The van der Waals surface area contributed by atoms with E-state index < -0.39 is 0 Å². The molecule has 3 aliphatic heterocycles. The van der Waals surface area contributed by atoms with Crippen LogP contribution in [0.25, 0.3) is 4.85 Å². The molecule has 3 heterocycles. The van der Waals surface area contributed by atoms with Gasteiger partial charge in [0.2, 0.25) is 0 Å². The van der Waals surface area contributed by atoms with Crippen molar-refractivity contribution >= 4 is 0 Å². The van der Waals surface area contributed by atoms with Crippen molar-refractivity contribution in [2.24, 2.45) is 0 Å². The number of allylic oxidation sites excluding steroid dienone is 1. The quantitative estimate of drug-likeness (QED) is 0.509. The fraction of sp³-hybridized carbons (Fsp3) is 0.810. The summed E-state index contributed by atoms with van der Waals surface area (Å²) in [5, 5.41) is 9.48. The second-order valence-corrected chi connectivity index (χ2v) is 8.15. The van der Waals surface area contributed by atoms with Crippen molar-refractivity contribution in [3.8, 4) is 6.07 Å². The summed E-state index contributed by atoms with van der Waals surface area (Å²) in [5.41, 5.74) is 0.264. The molecule has 6 heteroatoms. The second kappa shape index (κ2) is 9.97. The summed E-state index contributed by atoms with van der Waals surface area (Å²) in [4.78, 5) is 13.2. The molecule has 0 bridgehead atoms. The van der Waals surface area contributed by atoms with Crippen molar-refractivity contribution in [3.63, 3.8) is 0 Å². The number of likely N-dealkylation sites (tertiary alicyclic amines) is 2. The number of hydrogen-bond acceptors (Lipinski definition) is 5. The van der Waals surface area contributed by atoms with E-state index in [0.717, 1.165) is 51.5 Å². The largest absolute Gasteiger partial charge is 0.365 e. The van der Waals surface area contributed by atoms with Crippen LogP contribution in [-0.2, 0) is 0 Å². The van der Waals surface area contributed by atoms with Gasteiger partial charge in [-0.2, -0.15) is 0 Å². The van der Waals surface area contributed by atoms with Gasteiger partial charge >= 0.3 is 5.70 Å². The number of rotatable bonds is 7. The van der Waals surface area contributed by atoms with Gasteiger partial charge in [-0.25, -0.2) is 10.1 Å². The first kappa shape index (κ1) is 20.0.